The Bertz CT molecular complexity index is 429. The first-order valence-corrected chi connectivity index (χ1v) is 6.78. The number of hydrogen-bond donors (Lipinski definition) is 1. The molecular weight excluding hydrogens is 320 g/mol. The monoisotopic (exact) mass is 335 g/mol. The molecule has 0 saturated heterocycles. The maximum atomic E-state index is 13.3. The van der Waals surface area contributed by atoms with Gasteiger partial charge in [0.15, 0.2) is 11.6 Å². The molecule has 0 bridgehead atoms. The molecule has 1 atom stereocenters. The van der Waals surface area contributed by atoms with Gasteiger partial charge in [-0.25, -0.2) is 8.78 Å². The number of halogens is 3. The zero-order valence-electron chi connectivity index (χ0n) is 10.6. The van der Waals surface area contributed by atoms with Gasteiger partial charge in [-0.15, -0.1) is 0 Å². The highest BCUT2D eigenvalue weighted by molar-refractivity contribution is 9.09. The number of amides is 1. The van der Waals surface area contributed by atoms with E-state index in [9.17, 15) is 13.6 Å². The highest BCUT2D eigenvalue weighted by Gasteiger charge is 2.11. The fourth-order valence-corrected chi connectivity index (χ4v) is 2.05. The van der Waals surface area contributed by atoms with E-state index in [0.717, 1.165) is 6.07 Å². The predicted octanol–water partition coefficient (Wildman–Crippen LogP) is 2.42. The van der Waals surface area contributed by atoms with Gasteiger partial charge in [0, 0.05) is 24.0 Å². The summed E-state index contributed by atoms with van der Waals surface area (Å²) in [6.07, 6.45) is 0.534. The minimum absolute atomic E-state index is 0.0600. The standard InChI is InChI=1S/C13H16BrF2NO2/c1-19-8-10(14)5-6-17-12(18)7-9-3-2-4-11(15)13(9)16/h2-4,10H,5-8H2,1H3,(H,17,18). The lowest BCUT2D eigenvalue weighted by Gasteiger charge is -2.10. The zero-order valence-corrected chi connectivity index (χ0v) is 12.2. The third-order valence-electron chi connectivity index (χ3n) is 2.51. The molecule has 1 amide bonds. The molecule has 106 valence electrons. The van der Waals surface area contributed by atoms with Crippen LogP contribution in [0.3, 0.4) is 0 Å². The number of carbonyl (C=O) groups is 1. The van der Waals surface area contributed by atoms with Crippen LogP contribution < -0.4 is 5.32 Å². The van der Waals surface area contributed by atoms with Crippen LogP contribution in [0.1, 0.15) is 12.0 Å². The van der Waals surface area contributed by atoms with Gasteiger partial charge in [-0.3, -0.25) is 4.79 Å². The summed E-state index contributed by atoms with van der Waals surface area (Å²) in [6.45, 7) is 1.00. The van der Waals surface area contributed by atoms with Crippen molar-refractivity contribution in [2.75, 3.05) is 20.3 Å². The molecule has 3 nitrogen and oxygen atoms in total. The van der Waals surface area contributed by atoms with Gasteiger partial charge in [0.25, 0.3) is 0 Å². The molecule has 0 spiro atoms. The van der Waals surface area contributed by atoms with Crippen molar-refractivity contribution in [3.8, 4) is 0 Å². The van der Waals surface area contributed by atoms with Crippen molar-refractivity contribution in [1.82, 2.24) is 5.32 Å². The normalized spacial score (nSPS) is 12.2. The fourth-order valence-electron chi connectivity index (χ4n) is 1.55. The molecule has 0 aliphatic carbocycles. The van der Waals surface area contributed by atoms with Crippen LogP contribution in [-0.4, -0.2) is 31.0 Å². The van der Waals surface area contributed by atoms with Crippen molar-refractivity contribution in [1.29, 1.82) is 0 Å². The van der Waals surface area contributed by atoms with Crippen molar-refractivity contribution in [3.63, 3.8) is 0 Å². The summed E-state index contributed by atoms with van der Waals surface area (Å²) in [4.78, 5) is 11.7. The molecule has 1 rings (SSSR count). The predicted molar refractivity (Wildman–Crippen MR) is 72.3 cm³/mol. The van der Waals surface area contributed by atoms with E-state index in [0.29, 0.717) is 19.6 Å². The first kappa shape index (κ1) is 16.0. The highest BCUT2D eigenvalue weighted by atomic mass is 79.9. The van der Waals surface area contributed by atoms with Gasteiger partial charge in [-0.05, 0) is 12.5 Å². The van der Waals surface area contributed by atoms with Crippen LogP contribution in [0, 0.1) is 11.6 Å². The van der Waals surface area contributed by atoms with Gasteiger partial charge in [-0.1, -0.05) is 28.1 Å². The van der Waals surface area contributed by atoms with Crippen molar-refractivity contribution in [3.05, 3.63) is 35.4 Å². The van der Waals surface area contributed by atoms with E-state index in [1.165, 1.54) is 12.1 Å². The lowest BCUT2D eigenvalue weighted by Crippen LogP contribution is -2.28. The van der Waals surface area contributed by atoms with Crippen LogP contribution in [0.5, 0.6) is 0 Å². The smallest absolute Gasteiger partial charge is 0.224 e. The molecule has 1 N–H and O–H groups in total. The molecule has 0 radical (unpaired) electrons. The number of benzene rings is 1. The molecule has 1 aromatic rings. The Hall–Kier alpha value is -1.01. The first-order valence-electron chi connectivity index (χ1n) is 5.87. The second kappa shape index (κ2) is 8.22. The van der Waals surface area contributed by atoms with Crippen LogP contribution in [-0.2, 0) is 16.0 Å². The quantitative estimate of drug-likeness (QED) is 0.777. The molecule has 1 aromatic carbocycles. The van der Waals surface area contributed by atoms with E-state index in [2.05, 4.69) is 21.2 Å². The van der Waals surface area contributed by atoms with Gasteiger partial charge in [0.2, 0.25) is 5.91 Å². The van der Waals surface area contributed by atoms with Crippen molar-refractivity contribution < 1.29 is 18.3 Å². The number of methoxy groups -OCH3 is 1. The Morgan fingerprint density at radius 3 is 2.89 bits per heavy atom. The fraction of sp³-hybridized carbons (Fsp3) is 0.462. The Labute approximate surface area is 119 Å². The zero-order chi connectivity index (χ0) is 14.3. The van der Waals surface area contributed by atoms with Gasteiger partial charge < -0.3 is 10.1 Å². The topological polar surface area (TPSA) is 38.3 Å². The maximum Gasteiger partial charge on any atom is 0.224 e. The van der Waals surface area contributed by atoms with E-state index in [1.54, 1.807) is 7.11 Å². The Morgan fingerprint density at radius 2 is 2.21 bits per heavy atom. The molecule has 0 aromatic heterocycles. The first-order chi connectivity index (χ1) is 9.04. The number of hydrogen-bond acceptors (Lipinski definition) is 2. The van der Waals surface area contributed by atoms with Crippen LogP contribution >= 0.6 is 15.9 Å². The summed E-state index contributed by atoms with van der Waals surface area (Å²) in [7, 11) is 1.60. The molecule has 0 aliphatic rings. The number of alkyl halides is 1. The van der Waals surface area contributed by atoms with Crippen LogP contribution in [0.15, 0.2) is 18.2 Å². The molecule has 6 heteroatoms. The average Bonchev–Trinajstić information content (AvgIpc) is 2.35. The summed E-state index contributed by atoms with van der Waals surface area (Å²) >= 11 is 3.39. The lowest BCUT2D eigenvalue weighted by atomic mass is 10.1. The van der Waals surface area contributed by atoms with Crippen molar-refractivity contribution in [2.24, 2.45) is 0 Å². The van der Waals surface area contributed by atoms with E-state index in [4.69, 9.17) is 4.74 Å². The average molecular weight is 336 g/mol. The molecule has 1 unspecified atom stereocenters. The van der Waals surface area contributed by atoms with Gasteiger partial charge in [-0.2, -0.15) is 0 Å². The number of ether oxygens (including phenoxy) is 1. The summed E-state index contributed by atoms with van der Waals surface area (Å²) in [5.41, 5.74) is 0.0600. The van der Waals surface area contributed by atoms with E-state index in [-0.39, 0.29) is 22.7 Å². The van der Waals surface area contributed by atoms with Crippen molar-refractivity contribution in [2.45, 2.75) is 17.7 Å². The summed E-state index contributed by atoms with van der Waals surface area (Å²) in [6, 6.07) is 3.81. The maximum absolute atomic E-state index is 13.3. The second-order valence-electron chi connectivity index (χ2n) is 4.08. The second-order valence-corrected chi connectivity index (χ2v) is 5.38. The van der Waals surface area contributed by atoms with E-state index in [1.807, 2.05) is 0 Å². The Morgan fingerprint density at radius 1 is 1.47 bits per heavy atom. The van der Waals surface area contributed by atoms with Gasteiger partial charge in [0.05, 0.1) is 13.0 Å². The lowest BCUT2D eigenvalue weighted by molar-refractivity contribution is -0.120. The largest absolute Gasteiger partial charge is 0.384 e. The number of nitrogens with one attached hydrogen (secondary N) is 1. The van der Waals surface area contributed by atoms with E-state index < -0.39 is 11.6 Å². The molecular formula is C13H16BrF2NO2. The summed E-state index contributed by atoms with van der Waals surface area (Å²) < 4.78 is 31.2. The number of carbonyl (C=O) groups excluding carboxylic acids is 1. The molecule has 0 saturated carbocycles. The minimum atomic E-state index is -0.963. The van der Waals surface area contributed by atoms with Crippen molar-refractivity contribution >= 4 is 21.8 Å². The molecule has 0 aliphatic heterocycles. The number of rotatable bonds is 7. The SMILES string of the molecule is COCC(Br)CCNC(=O)Cc1cccc(F)c1F. The van der Waals surface area contributed by atoms with Crippen LogP contribution in [0.25, 0.3) is 0 Å². The highest BCUT2D eigenvalue weighted by Crippen LogP contribution is 2.11. The van der Waals surface area contributed by atoms with Crippen LogP contribution in [0.2, 0.25) is 0 Å². The van der Waals surface area contributed by atoms with Crippen LogP contribution in [0.4, 0.5) is 8.78 Å². The third kappa shape index (κ3) is 5.65. The summed E-state index contributed by atoms with van der Waals surface area (Å²) in [5, 5.41) is 2.65. The molecule has 0 heterocycles. The van der Waals surface area contributed by atoms with Gasteiger partial charge >= 0.3 is 0 Å². The Balaban J connectivity index is 2.37. The summed E-state index contributed by atoms with van der Waals surface area (Å²) in [5.74, 6) is -2.23. The molecule has 0 fully saturated rings. The molecule has 19 heavy (non-hydrogen) atoms. The third-order valence-corrected chi connectivity index (χ3v) is 3.23. The Kier molecular flexibility index (Phi) is 6.94. The van der Waals surface area contributed by atoms with Gasteiger partial charge in [0.1, 0.15) is 0 Å². The minimum Gasteiger partial charge on any atom is -0.384 e. The van der Waals surface area contributed by atoms with E-state index >= 15 is 0 Å².